The van der Waals surface area contributed by atoms with E-state index < -0.39 is 25.1 Å². The van der Waals surface area contributed by atoms with Crippen molar-refractivity contribution in [1.29, 1.82) is 0 Å². The molecule has 2 radical (unpaired) electrons. The van der Waals surface area contributed by atoms with Crippen molar-refractivity contribution in [1.82, 2.24) is 0 Å². The van der Waals surface area contributed by atoms with E-state index in [0.29, 0.717) is 0 Å². The summed E-state index contributed by atoms with van der Waals surface area (Å²) in [6.45, 7) is 0. The molecule has 0 unspecified atom stereocenters. The smallest absolute Gasteiger partial charge is 0.282 e. The number of hydrogen-bond donors (Lipinski definition) is 2. The molecule has 0 fully saturated rings. The Hall–Kier alpha value is -0.400. The predicted molar refractivity (Wildman–Crippen MR) is 122 cm³/mol. The molecule has 0 saturated heterocycles. The van der Waals surface area contributed by atoms with Gasteiger partial charge >= 0.3 is 0 Å². The molecule has 0 aliphatic heterocycles. The van der Waals surface area contributed by atoms with Crippen molar-refractivity contribution in [3.05, 3.63) is 47.5 Å². The molecule has 30 heavy (non-hydrogen) atoms. The van der Waals surface area contributed by atoms with E-state index in [1.807, 2.05) is 5.16 Å². The molecule has 0 bridgehead atoms. The van der Waals surface area contributed by atoms with Gasteiger partial charge in [-0.1, -0.05) is 36.4 Å². The third-order valence-electron chi connectivity index (χ3n) is 3.36. The second-order valence-electron chi connectivity index (χ2n) is 5.08. The normalized spacial score (nSPS) is 10.9. The zero-order chi connectivity index (χ0) is 20.9. The Balaban J connectivity index is 0.00000420. The minimum absolute atomic E-state index is 0. The Morgan fingerprint density at radius 1 is 0.800 bits per heavy atom. The summed E-state index contributed by atoms with van der Waals surface area (Å²) in [6.07, 6.45) is 2.47. The van der Waals surface area contributed by atoms with Crippen molar-refractivity contribution >= 4 is 138 Å². The van der Waals surface area contributed by atoms with Gasteiger partial charge in [0, 0.05) is 59.1 Å². The average Bonchev–Trinajstić information content (AvgIpc) is 2.60. The summed E-state index contributed by atoms with van der Waals surface area (Å²) in [5.74, 6) is 0. The van der Waals surface area contributed by atoms with Crippen LogP contribution in [0, 0.1) is 0 Å². The Morgan fingerprint density at radius 3 is 1.90 bits per heavy atom. The number of thiocarbonyl (C=S) groups is 2. The van der Waals surface area contributed by atoms with Crippen molar-refractivity contribution in [3.8, 4) is 0 Å². The summed E-state index contributed by atoms with van der Waals surface area (Å²) in [7, 11) is -9.29. The minimum atomic E-state index is -4.79. The molecule has 0 amide bonds. The topological polar surface area (TPSA) is 133 Å². The molecule has 0 aromatic heterocycles. The Morgan fingerprint density at radius 2 is 1.37 bits per heavy atom. The van der Waals surface area contributed by atoms with Gasteiger partial charge in [-0.15, -0.1) is 0 Å². The van der Waals surface area contributed by atoms with Crippen LogP contribution in [0.1, 0.15) is 11.1 Å². The molecule has 0 atom stereocenters. The molecule has 0 aliphatic rings. The van der Waals surface area contributed by atoms with Gasteiger partial charge in [-0.25, -0.2) is 0 Å². The Bertz CT molecular complexity index is 1280. The molecule has 2 aromatic rings. The van der Waals surface area contributed by atoms with Crippen LogP contribution >= 0.6 is 24.4 Å². The summed E-state index contributed by atoms with van der Waals surface area (Å²) < 4.78 is 65.7. The maximum absolute atomic E-state index is 11.9. The Labute approximate surface area is 228 Å². The van der Waals surface area contributed by atoms with Gasteiger partial charge in [-0.3, -0.25) is 9.11 Å². The first kappa shape index (κ1) is 29.6. The second-order valence-corrected chi connectivity index (χ2v) is 8.19. The van der Waals surface area contributed by atoms with Crippen LogP contribution in [-0.4, -0.2) is 95.4 Å². The molecule has 2 N–H and O–H groups in total. The van der Waals surface area contributed by atoms with E-state index in [-0.39, 0.29) is 86.5 Å². The third-order valence-corrected chi connectivity index (χ3v) is 5.42. The van der Waals surface area contributed by atoms with Crippen LogP contribution in [0.25, 0.3) is 12.2 Å². The number of rotatable bonds is 6. The van der Waals surface area contributed by atoms with E-state index in [4.69, 9.17) is 0 Å². The van der Waals surface area contributed by atoms with Crippen LogP contribution in [0.4, 0.5) is 11.4 Å². The van der Waals surface area contributed by atoms with Gasteiger partial charge in [0.15, 0.2) is 0 Å². The van der Waals surface area contributed by atoms with Crippen LogP contribution in [0.2, 0.25) is 0 Å². The van der Waals surface area contributed by atoms with Crippen molar-refractivity contribution in [2.75, 3.05) is 0 Å². The molecule has 0 aliphatic carbocycles. The van der Waals surface area contributed by atoms with Gasteiger partial charge in [0.2, 0.25) is 0 Å². The molecule has 146 valence electrons. The number of hydrogen-bond acceptors (Lipinski definition) is 8. The molecular formula is C16H10N2Na2O6S4. The van der Waals surface area contributed by atoms with E-state index in [2.05, 4.69) is 39.6 Å². The first-order valence-corrected chi connectivity index (χ1v) is 10.8. The summed E-state index contributed by atoms with van der Waals surface area (Å²) in [5.41, 5.74) is -0.275. The number of benzene rings is 2. The monoisotopic (exact) mass is 500 g/mol. The maximum Gasteiger partial charge on any atom is 0.297 e. The first-order valence-electron chi connectivity index (χ1n) is 7.14. The number of nitrogens with zero attached hydrogens (tertiary/aromatic N) is 2. The number of isothiocyanates is 2. The Kier molecular flexibility index (Phi) is 12.4. The van der Waals surface area contributed by atoms with Gasteiger partial charge < -0.3 is 0 Å². The molecule has 14 heteroatoms. The molecule has 8 nitrogen and oxygen atoms in total. The van der Waals surface area contributed by atoms with Gasteiger partial charge in [-0.2, -0.15) is 26.8 Å². The molecular weight excluding hydrogens is 490 g/mol. The van der Waals surface area contributed by atoms with Crippen molar-refractivity contribution in [2.45, 2.75) is 9.79 Å². The second kappa shape index (κ2) is 12.6. The van der Waals surface area contributed by atoms with E-state index in [1.54, 1.807) is 0 Å². The summed E-state index contributed by atoms with van der Waals surface area (Å²) >= 11 is 9.01. The summed E-state index contributed by atoms with van der Waals surface area (Å²) in [6, 6.07) is 8.16. The van der Waals surface area contributed by atoms with Gasteiger partial charge in [0.1, 0.15) is 21.2 Å². The quantitative estimate of drug-likeness (QED) is 0.203. The zero-order valence-corrected chi connectivity index (χ0v) is 22.9. The molecule has 2 rings (SSSR count). The maximum atomic E-state index is 11.9. The third kappa shape index (κ3) is 7.63. The van der Waals surface area contributed by atoms with Crippen LogP contribution in [0.3, 0.4) is 0 Å². The van der Waals surface area contributed by atoms with Crippen molar-refractivity contribution in [3.63, 3.8) is 0 Å². The van der Waals surface area contributed by atoms with E-state index >= 15 is 0 Å². The van der Waals surface area contributed by atoms with Gasteiger partial charge in [-0.05, 0) is 47.7 Å². The van der Waals surface area contributed by atoms with Crippen molar-refractivity contribution in [2.24, 2.45) is 9.98 Å². The van der Waals surface area contributed by atoms with Crippen LogP contribution < -0.4 is 0 Å². The predicted octanol–water partition coefficient (Wildman–Crippen LogP) is 3.06. The van der Waals surface area contributed by atoms with E-state index in [9.17, 15) is 25.9 Å². The summed E-state index contributed by atoms with van der Waals surface area (Å²) in [4.78, 5) is 6.31. The fraction of sp³-hybridized carbons (Fsp3) is 0. The fourth-order valence-electron chi connectivity index (χ4n) is 2.30. The largest absolute Gasteiger partial charge is 0.297 e. The number of aliphatic imine (C=N–C) groups is 2. The van der Waals surface area contributed by atoms with E-state index in [1.165, 1.54) is 48.6 Å². The minimum Gasteiger partial charge on any atom is -0.282 e. The standard InChI is InChI=1S/C16H10N2O6S4.2Na/c19-27(20,21)14-4-2-1-3-11(14)5-6-12-7-8-13(17-9-25)15(18-10-26)16(12)28(22,23)24;;/h1-8H,(H,19,20,21)(H,22,23,24);;. The molecule has 0 heterocycles. The van der Waals surface area contributed by atoms with Crippen LogP contribution in [-0.2, 0) is 20.2 Å². The fourth-order valence-corrected chi connectivity index (χ4v) is 4.01. The summed E-state index contributed by atoms with van der Waals surface area (Å²) in [5, 5.41) is 4.06. The average molecular weight is 501 g/mol. The molecule has 0 spiro atoms. The SMILES string of the molecule is O=S(=O)(O)c1ccccc1C=Cc1ccc(N=C=S)c(N=C=S)c1S(=O)(=O)O.[Na].[Na]. The molecule has 0 saturated carbocycles. The van der Waals surface area contributed by atoms with Crippen molar-refractivity contribution < 1.29 is 25.9 Å². The van der Waals surface area contributed by atoms with Crippen LogP contribution in [0.15, 0.2) is 56.2 Å². The van der Waals surface area contributed by atoms with Gasteiger partial charge in [0.05, 0.1) is 10.3 Å². The first-order chi connectivity index (χ1) is 13.1. The molecule has 2 aromatic carbocycles. The van der Waals surface area contributed by atoms with E-state index in [0.717, 1.165) is 0 Å². The van der Waals surface area contributed by atoms with Gasteiger partial charge in [0.25, 0.3) is 20.2 Å². The zero-order valence-electron chi connectivity index (χ0n) is 15.7. The van der Waals surface area contributed by atoms with Crippen LogP contribution in [0.5, 0.6) is 0 Å².